The summed E-state index contributed by atoms with van der Waals surface area (Å²) in [6, 6.07) is 8.11. The second kappa shape index (κ2) is 7.07. The highest BCUT2D eigenvalue weighted by atomic mass is 35.5. The molecule has 5 heteroatoms. The molecule has 0 aliphatic rings. The molecule has 0 atom stereocenters. The average molecular weight is 309 g/mol. The maximum atomic E-state index is 13.2. The molecule has 0 aliphatic carbocycles. The lowest BCUT2D eigenvalue weighted by molar-refractivity contribution is 0.305. The van der Waals surface area contributed by atoms with E-state index in [0.717, 1.165) is 0 Å². The Labute approximate surface area is 125 Å². The summed E-state index contributed by atoms with van der Waals surface area (Å²) in [6.07, 6.45) is 0. The molecule has 0 spiro atoms. The van der Waals surface area contributed by atoms with E-state index < -0.39 is 11.6 Å². The van der Waals surface area contributed by atoms with Crippen molar-refractivity contribution in [3.05, 3.63) is 64.2 Å². The predicted molar refractivity (Wildman–Crippen MR) is 76.1 cm³/mol. The first-order valence-corrected chi connectivity index (χ1v) is 6.44. The van der Waals surface area contributed by atoms with Gasteiger partial charge in [0.15, 0.2) is 0 Å². The Morgan fingerprint density at radius 1 is 1.14 bits per heavy atom. The van der Waals surface area contributed by atoms with Crippen LogP contribution in [0.2, 0.25) is 5.02 Å². The van der Waals surface area contributed by atoms with Gasteiger partial charge in [0.2, 0.25) is 0 Å². The standard InChI is InChI=1S/C16H11ClF2O2/c17-15-9-14(5-6-16(15)19)21-10-12-3-4-13(18)8-11(12)2-1-7-20/h3-6,8-9,20H,7,10H2. The number of ether oxygens (including phenoxy) is 1. The van der Waals surface area contributed by atoms with Crippen molar-refractivity contribution in [1.82, 2.24) is 0 Å². The Kier molecular flexibility index (Phi) is 5.15. The molecular formula is C16H11ClF2O2. The van der Waals surface area contributed by atoms with E-state index in [2.05, 4.69) is 11.8 Å². The summed E-state index contributed by atoms with van der Waals surface area (Å²) in [5, 5.41) is 8.67. The highest BCUT2D eigenvalue weighted by molar-refractivity contribution is 6.30. The average Bonchev–Trinajstić information content (AvgIpc) is 2.47. The molecule has 0 saturated heterocycles. The Morgan fingerprint density at radius 3 is 2.67 bits per heavy atom. The van der Waals surface area contributed by atoms with Crippen LogP contribution in [0, 0.1) is 23.5 Å². The van der Waals surface area contributed by atoms with Crippen molar-refractivity contribution < 1.29 is 18.6 Å². The molecule has 2 aromatic rings. The third kappa shape index (κ3) is 4.19. The fourth-order valence-electron chi connectivity index (χ4n) is 1.65. The molecule has 2 nitrogen and oxygen atoms in total. The van der Waals surface area contributed by atoms with Crippen LogP contribution in [0.15, 0.2) is 36.4 Å². The van der Waals surface area contributed by atoms with E-state index in [1.54, 1.807) is 6.07 Å². The van der Waals surface area contributed by atoms with E-state index >= 15 is 0 Å². The third-order valence-electron chi connectivity index (χ3n) is 2.66. The van der Waals surface area contributed by atoms with Crippen LogP contribution in [0.4, 0.5) is 8.78 Å². The minimum Gasteiger partial charge on any atom is -0.489 e. The van der Waals surface area contributed by atoms with E-state index in [1.807, 2.05) is 0 Å². The lowest BCUT2D eigenvalue weighted by Gasteiger charge is -2.09. The van der Waals surface area contributed by atoms with Gasteiger partial charge in [0.25, 0.3) is 0 Å². The van der Waals surface area contributed by atoms with E-state index in [9.17, 15) is 8.78 Å². The largest absolute Gasteiger partial charge is 0.489 e. The van der Waals surface area contributed by atoms with Crippen molar-refractivity contribution in [3.8, 4) is 17.6 Å². The van der Waals surface area contributed by atoms with Gasteiger partial charge in [-0.1, -0.05) is 29.5 Å². The molecule has 2 rings (SSSR count). The third-order valence-corrected chi connectivity index (χ3v) is 2.95. The van der Waals surface area contributed by atoms with Gasteiger partial charge in [-0.05, 0) is 24.3 Å². The van der Waals surface area contributed by atoms with E-state index in [1.165, 1.54) is 30.3 Å². The molecule has 108 valence electrons. The molecular weight excluding hydrogens is 298 g/mol. The molecule has 0 radical (unpaired) electrons. The van der Waals surface area contributed by atoms with Gasteiger partial charge in [0.1, 0.15) is 30.6 Å². The van der Waals surface area contributed by atoms with E-state index in [-0.39, 0.29) is 18.2 Å². The molecule has 0 aliphatic heterocycles. The van der Waals surface area contributed by atoms with Crippen LogP contribution in [0.25, 0.3) is 0 Å². The molecule has 2 aromatic carbocycles. The molecule has 1 N–H and O–H groups in total. The highest BCUT2D eigenvalue weighted by Crippen LogP contribution is 2.22. The number of hydrogen-bond acceptors (Lipinski definition) is 2. The normalized spacial score (nSPS) is 9.90. The van der Waals surface area contributed by atoms with Gasteiger partial charge >= 0.3 is 0 Å². The first kappa shape index (κ1) is 15.3. The molecule has 0 amide bonds. The van der Waals surface area contributed by atoms with Crippen LogP contribution in [0.3, 0.4) is 0 Å². The van der Waals surface area contributed by atoms with Gasteiger partial charge in [0.05, 0.1) is 5.02 Å². The molecule has 0 fully saturated rings. The quantitative estimate of drug-likeness (QED) is 0.879. The molecule has 0 heterocycles. The minimum atomic E-state index is -0.527. The summed E-state index contributed by atoms with van der Waals surface area (Å²) in [5.74, 6) is 4.56. The number of aliphatic hydroxyl groups excluding tert-OH is 1. The summed E-state index contributed by atoms with van der Waals surface area (Å²) in [7, 11) is 0. The van der Waals surface area contributed by atoms with Crippen molar-refractivity contribution in [1.29, 1.82) is 0 Å². The van der Waals surface area contributed by atoms with Gasteiger partial charge in [0, 0.05) is 17.2 Å². The van der Waals surface area contributed by atoms with Gasteiger partial charge < -0.3 is 9.84 Å². The Bertz CT molecular complexity index is 705. The van der Waals surface area contributed by atoms with Gasteiger partial charge in [-0.15, -0.1) is 0 Å². The van der Waals surface area contributed by atoms with Crippen LogP contribution in [0.1, 0.15) is 11.1 Å². The summed E-state index contributed by atoms with van der Waals surface area (Å²) in [5.41, 5.74) is 1.08. The summed E-state index contributed by atoms with van der Waals surface area (Å²) >= 11 is 5.66. The second-order valence-electron chi connectivity index (χ2n) is 4.13. The summed E-state index contributed by atoms with van der Waals surface area (Å²) in [6.45, 7) is -0.192. The Hall–Kier alpha value is -2.09. The first-order valence-electron chi connectivity index (χ1n) is 6.06. The maximum Gasteiger partial charge on any atom is 0.142 e. The van der Waals surface area contributed by atoms with Gasteiger partial charge in [-0.2, -0.15) is 0 Å². The van der Waals surface area contributed by atoms with E-state index in [4.69, 9.17) is 21.4 Å². The summed E-state index contributed by atoms with van der Waals surface area (Å²) in [4.78, 5) is 0. The zero-order chi connectivity index (χ0) is 15.2. The molecule has 0 aromatic heterocycles. The molecule has 21 heavy (non-hydrogen) atoms. The number of hydrogen-bond donors (Lipinski definition) is 1. The van der Waals surface area contributed by atoms with Crippen LogP contribution in [-0.2, 0) is 6.61 Å². The fraction of sp³-hybridized carbons (Fsp3) is 0.125. The van der Waals surface area contributed by atoms with Gasteiger partial charge in [-0.25, -0.2) is 8.78 Å². The zero-order valence-corrected chi connectivity index (χ0v) is 11.6. The summed E-state index contributed by atoms with van der Waals surface area (Å²) < 4.78 is 31.7. The molecule has 0 saturated carbocycles. The zero-order valence-electron chi connectivity index (χ0n) is 10.9. The smallest absolute Gasteiger partial charge is 0.142 e. The van der Waals surface area contributed by atoms with Crippen LogP contribution < -0.4 is 4.74 Å². The number of benzene rings is 2. The van der Waals surface area contributed by atoms with Crippen molar-refractivity contribution >= 4 is 11.6 Å². The van der Waals surface area contributed by atoms with Crippen LogP contribution >= 0.6 is 11.6 Å². The lowest BCUT2D eigenvalue weighted by atomic mass is 10.1. The maximum absolute atomic E-state index is 13.2. The SMILES string of the molecule is OCC#Cc1cc(F)ccc1COc1ccc(F)c(Cl)c1. The van der Waals surface area contributed by atoms with Crippen LogP contribution in [-0.4, -0.2) is 11.7 Å². The molecule has 0 unspecified atom stereocenters. The highest BCUT2D eigenvalue weighted by Gasteiger charge is 2.05. The monoisotopic (exact) mass is 308 g/mol. The van der Waals surface area contributed by atoms with Crippen molar-refractivity contribution in [2.45, 2.75) is 6.61 Å². The van der Waals surface area contributed by atoms with Crippen molar-refractivity contribution in [2.75, 3.05) is 6.61 Å². The second-order valence-corrected chi connectivity index (χ2v) is 4.53. The van der Waals surface area contributed by atoms with E-state index in [0.29, 0.717) is 16.9 Å². The molecule has 0 bridgehead atoms. The predicted octanol–water partition coefficient (Wildman–Crippen LogP) is 3.54. The number of aliphatic hydroxyl groups is 1. The Morgan fingerprint density at radius 2 is 1.95 bits per heavy atom. The number of halogens is 3. The number of rotatable bonds is 3. The lowest BCUT2D eigenvalue weighted by Crippen LogP contribution is -1.99. The van der Waals surface area contributed by atoms with Crippen LogP contribution in [0.5, 0.6) is 5.75 Å². The van der Waals surface area contributed by atoms with Gasteiger partial charge in [-0.3, -0.25) is 0 Å². The minimum absolute atomic E-state index is 0.0353. The fourth-order valence-corrected chi connectivity index (χ4v) is 1.82. The van der Waals surface area contributed by atoms with Crippen molar-refractivity contribution in [3.63, 3.8) is 0 Å². The topological polar surface area (TPSA) is 29.5 Å². The van der Waals surface area contributed by atoms with Crippen molar-refractivity contribution in [2.24, 2.45) is 0 Å². The first-order chi connectivity index (χ1) is 10.1. The Balaban J connectivity index is 2.17.